The van der Waals surface area contributed by atoms with Crippen LogP contribution in [0.3, 0.4) is 0 Å². The van der Waals surface area contributed by atoms with Crippen LogP contribution in [0.5, 0.6) is 5.75 Å². The van der Waals surface area contributed by atoms with Gasteiger partial charge in [-0.05, 0) is 24.1 Å². The number of carbonyl (C=O) groups excluding carboxylic acids is 2. The largest absolute Gasteiger partial charge is 0.508 e. The van der Waals surface area contributed by atoms with Crippen LogP contribution >= 0.6 is 0 Å². The van der Waals surface area contributed by atoms with Gasteiger partial charge >= 0.3 is 0 Å². The lowest BCUT2D eigenvalue weighted by Crippen LogP contribution is -2.47. The third kappa shape index (κ3) is 3.13. The van der Waals surface area contributed by atoms with Crippen LogP contribution < -0.4 is 16.8 Å². The van der Waals surface area contributed by atoms with E-state index < -0.39 is 17.9 Å². The van der Waals surface area contributed by atoms with Crippen molar-refractivity contribution in [2.45, 2.75) is 19.9 Å². The molecule has 1 rings (SSSR count). The summed E-state index contributed by atoms with van der Waals surface area (Å²) >= 11 is 0. The van der Waals surface area contributed by atoms with Gasteiger partial charge in [0.15, 0.2) is 0 Å². The number of rotatable bonds is 4. The molecule has 18 heavy (non-hydrogen) atoms. The minimum absolute atomic E-state index is 0.0745. The maximum absolute atomic E-state index is 11.9. The van der Waals surface area contributed by atoms with E-state index in [9.17, 15) is 14.7 Å². The lowest BCUT2D eigenvalue weighted by atomic mass is 10.0. The molecule has 0 aliphatic carbocycles. The van der Waals surface area contributed by atoms with Gasteiger partial charge in [0.25, 0.3) is 5.91 Å². The van der Waals surface area contributed by atoms with Gasteiger partial charge < -0.3 is 21.9 Å². The molecule has 1 unspecified atom stereocenters. The number of hydrogen-bond acceptors (Lipinski definition) is 4. The number of nitrogen functional groups attached to an aromatic ring is 1. The lowest BCUT2D eigenvalue weighted by Gasteiger charge is -2.19. The van der Waals surface area contributed by atoms with E-state index in [1.807, 2.05) is 0 Å². The highest BCUT2D eigenvalue weighted by Crippen LogP contribution is 2.18. The summed E-state index contributed by atoms with van der Waals surface area (Å²) in [5.41, 5.74) is 11.2. The molecular formula is C12H17N3O3. The molecule has 0 radical (unpaired) electrons. The van der Waals surface area contributed by atoms with Crippen LogP contribution in [0.15, 0.2) is 18.2 Å². The van der Waals surface area contributed by atoms with Crippen molar-refractivity contribution in [1.29, 1.82) is 0 Å². The number of nitrogens with two attached hydrogens (primary N) is 2. The number of nitrogens with one attached hydrogen (secondary N) is 1. The van der Waals surface area contributed by atoms with Crippen molar-refractivity contribution in [2.24, 2.45) is 11.7 Å². The van der Waals surface area contributed by atoms with Crippen molar-refractivity contribution >= 4 is 17.5 Å². The fourth-order valence-electron chi connectivity index (χ4n) is 1.53. The van der Waals surface area contributed by atoms with Crippen molar-refractivity contribution in [3.63, 3.8) is 0 Å². The summed E-state index contributed by atoms with van der Waals surface area (Å²) in [7, 11) is 0. The number of carbonyl (C=O) groups is 2. The van der Waals surface area contributed by atoms with E-state index in [2.05, 4.69) is 5.32 Å². The molecule has 0 heterocycles. The van der Waals surface area contributed by atoms with Crippen LogP contribution in [0, 0.1) is 5.92 Å². The molecule has 0 aliphatic rings. The molecule has 1 aromatic carbocycles. The number of phenolic OH excluding ortho intramolecular Hbond substituents is 1. The van der Waals surface area contributed by atoms with E-state index in [-0.39, 0.29) is 22.9 Å². The second kappa shape index (κ2) is 5.39. The van der Waals surface area contributed by atoms with Gasteiger partial charge in [-0.3, -0.25) is 9.59 Å². The highest BCUT2D eigenvalue weighted by atomic mass is 16.3. The zero-order valence-corrected chi connectivity index (χ0v) is 10.3. The van der Waals surface area contributed by atoms with E-state index >= 15 is 0 Å². The van der Waals surface area contributed by atoms with E-state index in [1.54, 1.807) is 13.8 Å². The number of phenols is 1. The number of hydrogen-bond donors (Lipinski definition) is 4. The summed E-state index contributed by atoms with van der Waals surface area (Å²) in [4.78, 5) is 23.1. The van der Waals surface area contributed by atoms with Crippen LogP contribution in [-0.2, 0) is 4.79 Å². The lowest BCUT2D eigenvalue weighted by molar-refractivity contribution is -0.120. The molecule has 0 saturated heterocycles. The van der Waals surface area contributed by atoms with Gasteiger partial charge in [-0.1, -0.05) is 13.8 Å². The number of aromatic hydroxyl groups is 1. The number of benzene rings is 1. The second-order valence-electron chi connectivity index (χ2n) is 4.37. The van der Waals surface area contributed by atoms with Crippen molar-refractivity contribution in [3.05, 3.63) is 23.8 Å². The Bertz CT molecular complexity index is 472. The fraction of sp³-hybridized carbons (Fsp3) is 0.333. The Kier molecular flexibility index (Phi) is 4.14. The number of primary amides is 1. The van der Waals surface area contributed by atoms with Gasteiger partial charge in [0, 0.05) is 5.69 Å². The maximum Gasteiger partial charge on any atom is 0.254 e. The van der Waals surface area contributed by atoms with Crippen molar-refractivity contribution < 1.29 is 14.7 Å². The number of amides is 2. The molecule has 6 heteroatoms. The average molecular weight is 251 g/mol. The Morgan fingerprint density at radius 1 is 1.33 bits per heavy atom. The van der Waals surface area contributed by atoms with Gasteiger partial charge in [0.1, 0.15) is 11.8 Å². The Balaban J connectivity index is 2.94. The minimum atomic E-state index is -0.778. The average Bonchev–Trinajstić information content (AvgIpc) is 2.28. The Hall–Kier alpha value is -2.24. The second-order valence-corrected chi connectivity index (χ2v) is 4.37. The Labute approximate surface area is 105 Å². The summed E-state index contributed by atoms with van der Waals surface area (Å²) < 4.78 is 0. The normalized spacial score (nSPS) is 12.2. The summed E-state index contributed by atoms with van der Waals surface area (Å²) in [5.74, 6) is -1.36. The minimum Gasteiger partial charge on any atom is -0.508 e. The van der Waals surface area contributed by atoms with E-state index in [1.165, 1.54) is 18.2 Å². The van der Waals surface area contributed by atoms with Crippen molar-refractivity contribution in [1.82, 2.24) is 5.32 Å². The van der Waals surface area contributed by atoms with Gasteiger partial charge in [-0.25, -0.2) is 0 Å². The molecule has 1 aromatic rings. The van der Waals surface area contributed by atoms with Gasteiger partial charge in [-0.15, -0.1) is 0 Å². The van der Waals surface area contributed by atoms with Gasteiger partial charge in [-0.2, -0.15) is 0 Å². The molecule has 0 bridgehead atoms. The van der Waals surface area contributed by atoms with E-state index in [4.69, 9.17) is 11.5 Å². The zero-order chi connectivity index (χ0) is 13.9. The third-order valence-electron chi connectivity index (χ3n) is 2.54. The molecule has 2 amide bonds. The first kappa shape index (κ1) is 13.8. The standard InChI is InChI=1S/C12H17N3O3/c1-6(2)10(11(14)17)15-12(18)8-5-7(16)3-4-9(8)13/h3-6,10,16H,13H2,1-2H3,(H2,14,17)(H,15,18). The molecule has 0 aromatic heterocycles. The smallest absolute Gasteiger partial charge is 0.254 e. The molecule has 98 valence electrons. The summed E-state index contributed by atoms with van der Waals surface area (Å²) in [5, 5.41) is 11.8. The Morgan fingerprint density at radius 2 is 1.94 bits per heavy atom. The van der Waals surface area contributed by atoms with Crippen LogP contribution in [0.2, 0.25) is 0 Å². The molecule has 0 aliphatic heterocycles. The number of anilines is 1. The van der Waals surface area contributed by atoms with Crippen LogP contribution in [0.1, 0.15) is 24.2 Å². The van der Waals surface area contributed by atoms with E-state index in [0.717, 1.165) is 0 Å². The summed E-state index contributed by atoms with van der Waals surface area (Å²) in [6.07, 6.45) is 0. The van der Waals surface area contributed by atoms with Gasteiger partial charge in [0.05, 0.1) is 5.56 Å². The maximum atomic E-state index is 11.9. The highest BCUT2D eigenvalue weighted by Gasteiger charge is 2.23. The van der Waals surface area contributed by atoms with Crippen LogP contribution in [-0.4, -0.2) is 23.0 Å². The van der Waals surface area contributed by atoms with Gasteiger partial charge in [0.2, 0.25) is 5.91 Å². The topological polar surface area (TPSA) is 118 Å². The molecule has 6 nitrogen and oxygen atoms in total. The quantitative estimate of drug-likeness (QED) is 0.452. The van der Waals surface area contributed by atoms with Crippen LogP contribution in [0.4, 0.5) is 5.69 Å². The first-order chi connectivity index (χ1) is 8.32. The molecule has 6 N–H and O–H groups in total. The van der Waals surface area contributed by atoms with E-state index in [0.29, 0.717) is 0 Å². The first-order valence-corrected chi connectivity index (χ1v) is 5.51. The predicted molar refractivity (Wildman–Crippen MR) is 67.8 cm³/mol. The SMILES string of the molecule is CC(C)C(NC(=O)c1cc(O)ccc1N)C(N)=O. The monoisotopic (exact) mass is 251 g/mol. The summed E-state index contributed by atoms with van der Waals surface area (Å²) in [6, 6.07) is 3.25. The summed E-state index contributed by atoms with van der Waals surface area (Å²) in [6.45, 7) is 3.53. The predicted octanol–water partition coefficient (Wildman–Crippen LogP) is 0.214. The molecule has 0 fully saturated rings. The van der Waals surface area contributed by atoms with Crippen LogP contribution in [0.25, 0.3) is 0 Å². The first-order valence-electron chi connectivity index (χ1n) is 5.51. The molecule has 0 saturated carbocycles. The van der Waals surface area contributed by atoms with Crippen molar-refractivity contribution in [3.8, 4) is 5.75 Å². The molecule has 1 atom stereocenters. The third-order valence-corrected chi connectivity index (χ3v) is 2.54. The fourth-order valence-corrected chi connectivity index (χ4v) is 1.53. The Morgan fingerprint density at radius 3 is 2.44 bits per heavy atom. The molecule has 0 spiro atoms. The van der Waals surface area contributed by atoms with Crippen molar-refractivity contribution in [2.75, 3.05) is 5.73 Å². The zero-order valence-electron chi connectivity index (χ0n) is 10.3. The molecular weight excluding hydrogens is 234 g/mol. The highest BCUT2D eigenvalue weighted by molar-refractivity contribution is 6.01.